The number of nitrogens with zero attached hydrogens (tertiary/aromatic N) is 1. The van der Waals surface area contributed by atoms with Crippen LogP contribution < -0.4 is 10.6 Å². The van der Waals surface area contributed by atoms with Crippen molar-refractivity contribution in [3.63, 3.8) is 0 Å². The van der Waals surface area contributed by atoms with Gasteiger partial charge in [0.15, 0.2) is 0 Å². The van der Waals surface area contributed by atoms with Crippen molar-refractivity contribution in [2.24, 2.45) is 5.92 Å². The van der Waals surface area contributed by atoms with E-state index in [2.05, 4.69) is 26.6 Å². The second-order valence-corrected chi connectivity index (χ2v) is 12.0. The number of piperidine rings is 1. The minimum absolute atomic E-state index is 0.129. The standard InChI is InChI=1S/C25H29BrFN3O4S/c26-19-9-13-21(14-10-19)35(33,34)30-15-3-4-18(16-30)25(32)29-23-6-2-1-5-22(23)28-24(31)17-7-11-20(27)12-8-17/h7-14,18,22-23H,1-6,15-16H2,(H,28,31)(H,29,32)/t18-,22+,23+/m0/s1. The van der Waals surface area contributed by atoms with Crippen LogP contribution in [-0.4, -0.2) is 49.7 Å². The summed E-state index contributed by atoms with van der Waals surface area (Å²) < 4.78 is 41.6. The molecule has 1 aliphatic carbocycles. The lowest BCUT2D eigenvalue weighted by Gasteiger charge is -2.36. The topological polar surface area (TPSA) is 95.6 Å². The van der Waals surface area contributed by atoms with Gasteiger partial charge in [0.25, 0.3) is 5.91 Å². The molecule has 1 heterocycles. The van der Waals surface area contributed by atoms with Crippen LogP contribution in [0.15, 0.2) is 57.9 Å². The predicted molar refractivity (Wildman–Crippen MR) is 134 cm³/mol. The highest BCUT2D eigenvalue weighted by molar-refractivity contribution is 9.10. The Balaban J connectivity index is 1.39. The lowest BCUT2D eigenvalue weighted by Crippen LogP contribution is -2.55. The number of rotatable bonds is 6. The number of carbonyl (C=O) groups is 2. The van der Waals surface area contributed by atoms with Gasteiger partial charge in [0.1, 0.15) is 5.82 Å². The molecule has 0 spiro atoms. The van der Waals surface area contributed by atoms with Crippen molar-refractivity contribution in [2.75, 3.05) is 13.1 Å². The van der Waals surface area contributed by atoms with E-state index < -0.39 is 21.8 Å². The maximum absolute atomic E-state index is 13.2. The highest BCUT2D eigenvalue weighted by atomic mass is 79.9. The Morgan fingerprint density at radius 1 is 0.886 bits per heavy atom. The normalized spacial score (nSPS) is 23.4. The maximum Gasteiger partial charge on any atom is 0.251 e. The molecule has 2 aliphatic rings. The van der Waals surface area contributed by atoms with Crippen molar-refractivity contribution in [1.82, 2.24) is 14.9 Å². The summed E-state index contributed by atoms with van der Waals surface area (Å²) in [5.74, 6) is -1.36. The molecule has 0 unspecified atom stereocenters. The van der Waals surface area contributed by atoms with Gasteiger partial charge in [-0.2, -0.15) is 4.31 Å². The molecular weight excluding hydrogens is 537 g/mol. The summed E-state index contributed by atoms with van der Waals surface area (Å²) in [5, 5.41) is 6.07. The number of amides is 2. The first-order chi connectivity index (χ1) is 16.7. The van der Waals surface area contributed by atoms with Crippen LogP contribution in [0.1, 0.15) is 48.9 Å². The van der Waals surface area contributed by atoms with E-state index >= 15 is 0 Å². The van der Waals surface area contributed by atoms with E-state index in [-0.39, 0.29) is 35.3 Å². The van der Waals surface area contributed by atoms with Crippen LogP contribution in [0.2, 0.25) is 0 Å². The lowest BCUT2D eigenvalue weighted by atomic mass is 9.89. The fraction of sp³-hybridized carbons (Fsp3) is 0.440. The molecule has 7 nitrogen and oxygen atoms in total. The quantitative estimate of drug-likeness (QED) is 0.556. The third kappa shape index (κ3) is 6.29. The van der Waals surface area contributed by atoms with Gasteiger partial charge in [-0.1, -0.05) is 28.8 Å². The van der Waals surface area contributed by atoms with Crippen LogP contribution >= 0.6 is 15.9 Å². The van der Waals surface area contributed by atoms with E-state index in [0.29, 0.717) is 24.9 Å². The molecule has 0 aromatic heterocycles. The summed E-state index contributed by atoms with van der Waals surface area (Å²) in [6, 6.07) is 11.4. The molecule has 4 rings (SSSR count). The monoisotopic (exact) mass is 565 g/mol. The predicted octanol–water partition coefficient (Wildman–Crippen LogP) is 3.85. The van der Waals surface area contributed by atoms with Crippen molar-refractivity contribution in [3.8, 4) is 0 Å². The van der Waals surface area contributed by atoms with Gasteiger partial charge in [-0.05, 0) is 74.2 Å². The molecule has 2 N–H and O–H groups in total. The van der Waals surface area contributed by atoms with Gasteiger partial charge in [-0.25, -0.2) is 12.8 Å². The van der Waals surface area contributed by atoms with Gasteiger partial charge < -0.3 is 10.6 Å². The molecule has 2 aromatic rings. The van der Waals surface area contributed by atoms with Crippen molar-refractivity contribution >= 4 is 37.8 Å². The molecule has 0 radical (unpaired) electrons. The van der Waals surface area contributed by atoms with Crippen LogP contribution in [0, 0.1) is 11.7 Å². The van der Waals surface area contributed by atoms with Crippen LogP contribution in [0.4, 0.5) is 4.39 Å². The fourth-order valence-corrected chi connectivity index (χ4v) is 6.55. The minimum Gasteiger partial charge on any atom is -0.351 e. The largest absolute Gasteiger partial charge is 0.351 e. The minimum atomic E-state index is -3.69. The Hall–Kier alpha value is -2.30. The molecule has 10 heteroatoms. The summed E-state index contributed by atoms with van der Waals surface area (Å²) in [6.45, 7) is 0.505. The molecule has 2 amide bonds. The Labute approximate surface area is 213 Å². The second kappa shape index (κ2) is 11.2. The van der Waals surface area contributed by atoms with Crippen molar-refractivity contribution in [2.45, 2.75) is 55.5 Å². The molecule has 1 saturated heterocycles. The van der Waals surface area contributed by atoms with Crippen LogP contribution in [0.5, 0.6) is 0 Å². The molecule has 1 saturated carbocycles. The van der Waals surface area contributed by atoms with E-state index in [1.165, 1.54) is 28.6 Å². The number of carbonyl (C=O) groups excluding carboxylic acids is 2. The number of nitrogens with one attached hydrogen (secondary N) is 2. The first kappa shape index (κ1) is 25.8. The van der Waals surface area contributed by atoms with Gasteiger partial charge in [-0.3, -0.25) is 9.59 Å². The van der Waals surface area contributed by atoms with Crippen molar-refractivity contribution < 1.29 is 22.4 Å². The van der Waals surface area contributed by atoms with E-state index in [1.807, 2.05) is 0 Å². The molecule has 188 valence electrons. The summed E-state index contributed by atoms with van der Waals surface area (Å²) in [6.07, 6.45) is 4.53. The van der Waals surface area contributed by atoms with E-state index in [0.717, 1.165) is 30.2 Å². The first-order valence-corrected chi connectivity index (χ1v) is 14.1. The molecule has 3 atom stereocenters. The Kier molecular flexibility index (Phi) is 8.23. The zero-order valence-corrected chi connectivity index (χ0v) is 21.7. The zero-order chi connectivity index (χ0) is 25.0. The first-order valence-electron chi connectivity index (χ1n) is 11.9. The number of hydrogen-bond acceptors (Lipinski definition) is 4. The van der Waals surface area contributed by atoms with Crippen molar-refractivity contribution in [3.05, 3.63) is 64.4 Å². The highest BCUT2D eigenvalue weighted by Gasteiger charge is 2.35. The van der Waals surface area contributed by atoms with Crippen LogP contribution in [-0.2, 0) is 14.8 Å². The third-order valence-electron chi connectivity index (χ3n) is 6.72. The summed E-state index contributed by atoms with van der Waals surface area (Å²) in [5.41, 5.74) is 0.364. The fourth-order valence-electron chi connectivity index (χ4n) is 4.76. The maximum atomic E-state index is 13.2. The van der Waals surface area contributed by atoms with Crippen LogP contribution in [0.3, 0.4) is 0 Å². The van der Waals surface area contributed by atoms with Gasteiger partial charge in [0.05, 0.1) is 10.8 Å². The molecule has 1 aliphatic heterocycles. The Morgan fingerprint density at radius 3 is 2.17 bits per heavy atom. The molecule has 2 fully saturated rings. The van der Waals surface area contributed by atoms with Gasteiger partial charge in [0, 0.05) is 35.2 Å². The molecule has 2 aromatic carbocycles. The van der Waals surface area contributed by atoms with Gasteiger partial charge in [-0.15, -0.1) is 0 Å². The number of halogens is 2. The molecule has 35 heavy (non-hydrogen) atoms. The average molecular weight is 566 g/mol. The summed E-state index contributed by atoms with van der Waals surface area (Å²) >= 11 is 3.32. The molecule has 0 bridgehead atoms. The summed E-state index contributed by atoms with van der Waals surface area (Å²) in [7, 11) is -3.69. The SMILES string of the molecule is O=C(N[C@@H]1CCCC[C@H]1NC(=O)[C@H]1CCCN(S(=O)(=O)c2ccc(Br)cc2)C1)c1ccc(F)cc1. The lowest BCUT2D eigenvalue weighted by molar-refractivity contribution is -0.127. The second-order valence-electron chi connectivity index (χ2n) is 9.14. The smallest absolute Gasteiger partial charge is 0.251 e. The number of benzene rings is 2. The highest BCUT2D eigenvalue weighted by Crippen LogP contribution is 2.26. The number of sulfonamides is 1. The number of hydrogen-bond donors (Lipinski definition) is 2. The van der Waals surface area contributed by atoms with E-state index in [4.69, 9.17) is 0 Å². The average Bonchev–Trinajstić information content (AvgIpc) is 2.86. The van der Waals surface area contributed by atoms with Crippen LogP contribution in [0.25, 0.3) is 0 Å². The molecular formula is C25H29BrFN3O4S. The van der Waals surface area contributed by atoms with E-state index in [9.17, 15) is 22.4 Å². The van der Waals surface area contributed by atoms with Gasteiger partial charge in [0.2, 0.25) is 15.9 Å². The third-order valence-corrected chi connectivity index (χ3v) is 9.13. The van der Waals surface area contributed by atoms with Gasteiger partial charge >= 0.3 is 0 Å². The zero-order valence-electron chi connectivity index (χ0n) is 19.3. The summed E-state index contributed by atoms with van der Waals surface area (Å²) in [4.78, 5) is 26.0. The van der Waals surface area contributed by atoms with E-state index in [1.54, 1.807) is 24.3 Å². The Bertz CT molecular complexity index is 1160. The van der Waals surface area contributed by atoms with Crippen molar-refractivity contribution in [1.29, 1.82) is 0 Å². The Morgan fingerprint density at radius 2 is 1.51 bits per heavy atom.